The third kappa shape index (κ3) is 1.95. The zero-order chi connectivity index (χ0) is 10.6. The Kier molecular flexibility index (Phi) is 3.33. The Morgan fingerprint density at radius 2 is 1.29 bits per heavy atom. The van der Waals surface area contributed by atoms with Gasteiger partial charge in [-0.1, -0.05) is 22.4 Å². The molecule has 0 aromatic carbocycles. The first-order valence-electron chi connectivity index (χ1n) is 3.83. The standard InChI is InChI=1S/C6H8N6O2/c7-11-9-3-1-2-4(10-12-8)6(14)5(3)13/h1-6,13-14H/t3-,4-,5+,6+/m0/s1. The SMILES string of the molecule is [N-]=[N+]=N[C@H]1C=C[C@H](N=[N+]=[N-])[C@@H](O)[C@@H]1O. The van der Waals surface area contributed by atoms with E-state index in [2.05, 4.69) is 20.1 Å². The number of rotatable bonds is 2. The zero-order valence-electron chi connectivity index (χ0n) is 7.04. The number of azide groups is 2. The van der Waals surface area contributed by atoms with Crippen LogP contribution < -0.4 is 0 Å². The fourth-order valence-corrected chi connectivity index (χ4v) is 1.19. The Labute approximate surface area is 78.7 Å². The Bertz CT molecular complexity index is 297. The van der Waals surface area contributed by atoms with E-state index in [1.54, 1.807) is 0 Å². The molecule has 0 radical (unpaired) electrons. The molecule has 0 aliphatic heterocycles. The average molecular weight is 196 g/mol. The second-order valence-electron chi connectivity index (χ2n) is 2.76. The molecule has 8 nitrogen and oxygen atoms in total. The fourth-order valence-electron chi connectivity index (χ4n) is 1.19. The van der Waals surface area contributed by atoms with Crippen LogP contribution in [0.15, 0.2) is 22.4 Å². The third-order valence-corrected chi connectivity index (χ3v) is 1.93. The maximum absolute atomic E-state index is 9.42. The number of hydrogen-bond donors (Lipinski definition) is 2. The van der Waals surface area contributed by atoms with Crippen molar-refractivity contribution in [2.45, 2.75) is 24.3 Å². The molecule has 0 aromatic heterocycles. The van der Waals surface area contributed by atoms with Crippen LogP contribution in [0.2, 0.25) is 0 Å². The summed E-state index contributed by atoms with van der Waals surface area (Å²) >= 11 is 0. The van der Waals surface area contributed by atoms with Crippen molar-refractivity contribution in [3.8, 4) is 0 Å². The summed E-state index contributed by atoms with van der Waals surface area (Å²) in [5.74, 6) is 0. The lowest BCUT2D eigenvalue weighted by Gasteiger charge is -2.28. The molecule has 74 valence electrons. The molecular weight excluding hydrogens is 188 g/mol. The molecule has 0 fully saturated rings. The van der Waals surface area contributed by atoms with E-state index in [4.69, 9.17) is 11.1 Å². The van der Waals surface area contributed by atoms with Gasteiger partial charge in [0.25, 0.3) is 0 Å². The van der Waals surface area contributed by atoms with E-state index in [1.165, 1.54) is 12.2 Å². The van der Waals surface area contributed by atoms with E-state index >= 15 is 0 Å². The smallest absolute Gasteiger partial charge is 0.0925 e. The molecule has 0 amide bonds. The van der Waals surface area contributed by atoms with Crippen molar-refractivity contribution < 1.29 is 10.2 Å². The predicted octanol–water partition coefficient (Wildman–Crippen LogP) is 0.636. The summed E-state index contributed by atoms with van der Waals surface area (Å²) in [5, 5.41) is 25.3. The van der Waals surface area contributed by atoms with Crippen LogP contribution in [0.3, 0.4) is 0 Å². The van der Waals surface area contributed by atoms with Gasteiger partial charge in [0.2, 0.25) is 0 Å². The van der Waals surface area contributed by atoms with Crippen molar-refractivity contribution in [3.63, 3.8) is 0 Å². The van der Waals surface area contributed by atoms with E-state index < -0.39 is 24.3 Å². The highest BCUT2D eigenvalue weighted by Crippen LogP contribution is 2.18. The van der Waals surface area contributed by atoms with Crippen LogP contribution in [0, 0.1) is 0 Å². The van der Waals surface area contributed by atoms with Crippen LogP contribution in [0.5, 0.6) is 0 Å². The molecule has 0 aromatic rings. The van der Waals surface area contributed by atoms with Gasteiger partial charge in [-0.15, -0.1) is 0 Å². The molecular formula is C6H8N6O2. The van der Waals surface area contributed by atoms with Crippen LogP contribution in [0.4, 0.5) is 0 Å². The van der Waals surface area contributed by atoms with Crippen LogP contribution in [-0.4, -0.2) is 34.5 Å². The van der Waals surface area contributed by atoms with E-state index in [9.17, 15) is 10.2 Å². The van der Waals surface area contributed by atoms with Crippen molar-refractivity contribution in [1.29, 1.82) is 0 Å². The van der Waals surface area contributed by atoms with E-state index in [-0.39, 0.29) is 0 Å². The van der Waals surface area contributed by atoms with Crippen LogP contribution >= 0.6 is 0 Å². The van der Waals surface area contributed by atoms with Gasteiger partial charge in [0.15, 0.2) is 0 Å². The topological polar surface area (TPSA) is 138 Å². The van der Waals surface area contributed by atoms with E-state index in [1.807, 2.05) is 0 Å². The zero-order valence-corrected chi connectivity index (χ0v) is 7.04. The number of aliphatic hydroxyl groups excluding tert-OH is 2. The third-order valence-electron chi connectivity index (χ3n) is 1.93. The molecule has 0 saturated carbocycles. The van der Waals surface area contributed by atoms with Gasteiger partial charge in [0, 0.05) is 9.82 Å². The summed E-state index contributed by atoms with van der Waals surface area (Å²) in [6.07, 6.45) is 0.310. The van der Waals surface area contributed by atoms with Gasteiger partial charge < -0.3 is 10.2 Å². The Hall–Kier alpha value is -1.72. The minimum atomic E-state index is -1.24. The molecule has 1 aliphatic rings. The molecule has 14 heavy (non-hydrogen) atoms. The van der Waals surface area contributed by atoms with Gasteiger partial charge in [-0.25, -0.2) is 0 Å². The average Bonchev–Trinajstić information content (AvgIpc) is 2.18. The minimum absolute atomic E-state index is 0.819. The Balaban J connectivity index is 2.89. The summed E-state index contributed by atoms with van der Waals surface area (Å²) in [4.78, 5) is 5.03. The highest BCUT2D eigenvalue weighted by molar-refractivity contribution is 5.13. The number of aliphatic hydroxyl groups is 2. The highest BCUT2D eigenvalue weighted by atomic mass is 16.3. The molecule has 1 rings (SSSR count). The molecule has 2 N–H and O–H groups in total. The van der Waals surface area contributed by atoms with Gasteiger partial charge in [-0.2, -0.15) is 0 Å². The first-order chi connectivity index (χ1) is 6.70. The molecule has 8 heteroatoms. The van der Waals surface area contributed by atoms with Gasteiger partial charge >= 0.3 is 0 Å². The molecule has 4 atom stereocenters. The maximum atomic E-state index is 9.42. The van der Waals surface area contributed by atoms with Crippen molar-refractivity contribution in [1.82, 2.24) is 0 Å². The largest absolute Gasteiger partial charge is 0.390 e. The highest BCUT2D eigenvalue weighted by Gasteiger charge is 2.32. The molecule has 0 bridgehead atoms. The van der Waals surface area contributed by atoms with Crippen LogP contribution in [0.25, 0.3) is 20.9 Å². The Morgan fingerprint density at radius 1 is 0.929 bits per heavy atom. The number of hydrogen-bond acceptors (Lipinski definition) is 4. The normalized spacial score (nSPS) is 35.6. The lowest BCUT2D eigenvalue weighted by Crippen LogP contribution is -2.44. The fraction of sp³-hybridized carbons (Fsp3) is 0.667. The van der Waals surface area contributed by atoms with E-state index in [0.29, 0.717) is 0 Å². The monoisotopic (exact) mass is 196 g/mol. The van der Waals surface area contributed by atoms with Crippen molar-refractivity contribution in [2.24, 2.45) is 10.2 Å². The summed E-state index contributed by atoms with van der Waals surface area (Å²) in [6.45, 7) is 0. The van der Waals surface area contributed by atoms with Gasteiger partial charge in [-0.05, 0) is 11.1 Å². The van der Waals surface area contributed by atoms with Crippen LogP contribution in [-0.2, 0) is 0 Å². The van der Waals surface area contributed by atoms with Gasteiger partial charge in [-0.3, -0.25) is 0 Å². The minimum Gasteiger partial charge on any atom is -0.390 e. The summed E-state index contributed by atoms with van der Waals surface area (Å²) in [5.41, 5.74) is 16.3. The van der Waals surface area contributed by atoms with Crippen molar-refractivity contribution in [2.75, 3.05) is 0 Å². The molecule has 0 heterocycles. The molecule has 0 unspecified atom stereocenters. The van der Waals surface area contributed by atoms with Crippen LogP contribution in [0.1, 0.15) is 0 Å². The summed E-state index contributed by atoms with van der Waals surface area (Å²) in [6, 6.07) is -1.64. The van der Waals surface area contributed by atoms with Crippen molar-refractivity contribution >= 4 is 0 Å². The van der Waals surface area contributed by atoms with Gasteiger partial charge in [0.1, 0.15) is 0 Å². The first kappa shape index (κ1) is 10.4. The first-order valence-corrected chi connectivity index (χ1v) is 3.83. The van der Waals surface area contributed by atoms with Gasteiger partial charge in [0.05, 0.1) is 24.3 Å². The van der Waals surface area contributed by atoms with E-state index in [0.717, 1.165) is 0 Å². The molecule has 0 spiro atoms. The van der Waals surface area contributed by atoms with Crippen molar-refractivity contribution in [3.05, 3.63) is 33.0 Å². The number of nitrogens with zero attached hydrogens (tertiary/aromatic N) is 6. The Morgan fingerprint density at radius 3 is 1.57 bits per heavy atom. The lowest BCUT2D eigenvalue weighted by molar-refractivity contribution is 0.000813. The second-order valence-corrected chi connectivity index (χ2v) is 2.76. The quantitative estimate of drug-likeness (QED) is 0.289. The maximum Gasteiger partial charge on any atom is 0.0925 e. The molecule has 1 aliphatic carbocycles. The second kappa shape index (κ2) is 4.50. The predicted molar refractivity (Wildman–Crippen MR) is 47.0 cm³/mol. The molecule has 0 saturated heterocycles. The lowest BCUT2D eigenvalue weighted by atomic mass is 9.93. The summed E-state index contributed by atoms with van der Waals surface area (Å²) < 4.78 is 0. The summed E-state index contributed by atoms with van der Waals surface area (Å²) in [7, 11) is 0.